The summed E-state index contributed by atoms with van der Waals surface area (Å²) in [6.07, 6.45) is 8.74. The van der Waals surface area contributed by atoms with Crippen LogP contribution in [0.15, 0.2) is 12.3 Å². The van der Waals surface area contributed by atoms with Crippen LogP contribution in [0.25, 0.3) is 0 Å². The summed E-state index contributed by atoms with van der Waals surface area (Å²) in [6, 6.07) is 2.14. The number of carbonyl (C=O) groups excluding carboxylic acids is 1. The van der Waals surface area contributed by atoms with Crippen molar-refractivity contribution in [1.29, 1.82) is 0 Å². The maximum absolute atomic E-state index is 12.4. The van der Waals surface area contributed by atoms with Crippen molar-refractivity contribution in [2.45, 2.75) is 64.6 Å². The van der Waals surface area contributed by atoms with Gasteiger partial charge in [0.05, 0.1) is 11.8 Å². The molecule has 6 nitrogen and oxygen atoms in total. The number of rotatable bonds is 5. The molecule has 3 fully saturated rings. The van der Waals surface area contributed by atoms with Gasteiger partial charge in [-0.2, -0.15) is 5.10 Å². The Morgan fingerprint density at radius 1 is 1.31 bits per heavy atom. The van der Waals surface area contributed by atoms with Gasteiger partial charge in [0.15, 0.2) is 0 Å². The average molecular weight is 361 g/mol. The minimum Gasteiger partial charge on any atom is -0.376 e. The molecule has 1 spiro atoms. The van der Waals surface area contributed by atoms with E-state index in [2.05, 4.69) is 34.1 Å². The fourth-order valence-corrected chi connectivity index (χ4v) is 4.79. The van der Waals surface area contributed by atoms with E-state index in [1.54, 1.807) is 0 Å². The van der Waals surface area contributed by atoms with Crippen LogP contribution < -0.4 is 0 Å². The Kier molecular flexibility index (Phi) is 5.32. The number of amides is 1. The highest BCUT2D eigenvalue weighted by Gasteiger charge is 2.41. The summed E-state index contributed by atoms with van der Waals surface area (Å²) in [5.41, 5.74) is 1.49. The highest BCUT2D eigenvalue weighted by atomic mass is 16.5. The Hall–Kier alpha value is -1.40. The molecule has 0 N–H and O–H groups in total. The van der Waals surface area contributed by atoms with Gasteiger partial charge in [-0.3, -0.25) is 14.4 Å². The van der Waals surface area contributed by atoms with Gasteiger partial charge in [0.2, 0.25) is 5.91 Å². The van der Waals surface area contributed by atoms with Crippen molar-refractivity contribution in [3.63, 3.8) is 0 Å². The molecule has 1 amide bonds. The molecular weight excluding hydrogens is 328 g/mol. The maximum atomic E-state index is 12.4. The third-order valence-corrected chi connectivity index (χ3v) is 6.52. The number of nitrogens with zero attached hydrogens (tertiary/aromatic N) is 4. The molecule has 3 aliphatic rings. The van der Waals surface area contributed by atoms with Crippen LogP contribution in [0.4, 0.5) is 0 Å². The molecular formula is C20H32N4O2. The molecule has 4 heterocycles. The second-order valence-electron chi connectivity index (χ2n) is 8.35. The lowest BCUT2D eigenvalue weighted by Gasteiger charge is -2.47. The van der Waals surface area contributed by atoms with Gasteiger partial charge in [0.1, 0.15) is 0 Å². The fourth-order valence-electron chi connectivity index (χ4n) is 4.79. The first-order chi connectivity index (χ1) is 12.7. The van der Waals surface area contributed by atoms with Crippen LogP contribution in [0.2, 0.25) is 0 Å². The molecule has 3 aliphatic heterocycles. The van der Waals surface area contributed by atoms with Crippen LogP contribution in [0.5, 0.6) is 0 Å². The Morgan fingerprint density at radius 2 is 2.15 bits per heavy atom. The van der Waals surface area contributed by atoms with E-state index in [1.807, 2.05) is 4.68 Å². The molecule has 0 aliphatic carbocycles. The molecule has 1 aromatic rings. The molecule has 6 heteroatoms. The largest absolute Gasteiger partial charge is 0.376 e. The van der Waals surface area contributed by atoms with Crippen LogP contribution in [0.3, 0.4) is 0 Å². The predicted molar refractivity (Wildman–Crippen MR) is 99.6 cm³/mol. The van der Waals surface area contributed by atoms with Crippen LogP contribution in [-0.2, 0) is 22.6 Å². The van der Waals surface area contributed by atoms with Gasteiger partial charge in [0, 0.05) is 45.4 Å². The SMILES string of the molecule is CCn1ccc(CN2CCC3(CCC(=O)N(CC4CCCO4)C3)CC2)n1. The zero-order chi connectivity index (χ0) is 18.0. The minimum atomic E-state index is 0.267. The number of ether oxygens (including phenoxy) is 1. The zero-order valence-corrected chi connectivity index (χ0v) is 16.0. The molecule has 144 valence electrons. The van der Waals surface area contributed by atoms with E-state index in [0.29, 0.717) is 17.7 Å². The lowest BCUT2D eigenvalue weighted by atomic mass is 9.72. The molecule has 1 unspecified atom stereocenters. The summed E-state index contributed by atoms with van der Waals surface area (Å²) in [5, 5.41) is 4.61. The van der Waals surface area contributed by atoms with Gasteiger partial charge in [-0.05, 0) is 63.6 Å². The van der Waals surface area contributed by atoms with Crippen molar-refractivity contribution in [2.24, 2.45) is 5.41 Å². The average Bonchev–Trinajstić information content (AvgIpc) is 3.32. The number of aryl methyl sites for hydroxylation is 1. The van der Waals surface area contributed by atoms with Crippen LogP contribution in [0.1, 0.15) is 51.1 Å². The van der Waals surface area contributed by atoms with E-state index in [1.165, 1.54) is 18.5 Å². The summed E-state index contributed by atoms with van der Waals surface area (Å²) >= 11 is 0. The molecule has 0 radical (unpaired) electrons. The molecule has 4 rings (SSSR count). The highest BCUT2D eigenvalue weighted by molar-refractivity contribution is 5.77. The van der Waals surface area contributed by atoms with E-state index in [9.17, 15) is 4.79 Å². The lowest BCUT2D eigenvalue weighted by Crippen LogP contribution is -2.52. The van der Waals surface area contributed by atoms with Crippen molar-refractivity contribution >= 4 is 5.91 Å². The number of likely N-dealkylation sites (tertiary alicyclic amines) is 2. The number of hydrogen-bond donors (Lipinski definition) is 0. The van der Waals surface area contributed by atoms with Crippen molar-refractivity contribution in [2.75, 3.05) is 32.8 Å². The Labute approximate surface area is 156 Å². The van der Waals surface area contributed by atoms with Crippen molar-refractivity contribution in [3.8, 4) is 0 Å². The normalized spacial score (nSPS) is 26.7. The van der Waals surface area contributed by atoms with E-state index in [-0.39, 0.29) is 6.10 Å². The molecule has 1 aromatic heterocycles. The van der Waals surface area contributed by atoms with Crippen LogP contribution in [0, 0.1) is 5.41 Å². The van der Waals surface area contributed by atoms with E-state index in [4.69, 9.17) is 4.74 Å². The summed E-state index contributed by atoms with van der Waals surface area (Å²) in [7, 11) is 0. The third kappa shape index (κ3) is 3.96. The summed E-state index contributed by atoms with van der Waals surface area (Å²) < 4.78 is 7.76. The Morgan fingerprint density at radius 3 is 2.85 bits per heavy atom. The monoisotopic (exact) mass is 360 g/mol. The molecule has 0 saturated carbocycles. The number of carbonyl (C=O) groups is 1. The van der Waals surface area contributed by atoms with E-state index in [0.717, 1.165) is 65.1 Å². The first kappa shape index (κ1) is 18.0. The van der Waals surface area contributed by atoms with Gasteiger partial charge in [-0.25, -0.2) is 0 Å². The summed E-state index contributed by atoms with van der Waals surface area (Å²) in [6.45, 7) is 8.82. The van der Waals surface area contributed by atoms with Gasteiger partial charge < -0.3 is 9.64 Å². The number of piperidine rings is 2. The van der Waals surface area contributed by atoms with Gasteiger partial charge in [0.25, 0.3) is 0 Å². The van der Waals surface area contributed by atoms with Gasteiger partial charge >= 0.3 is 0 Å². The van der Waals surface area contributed by atoms with Crippen molar-refractivity contribution in [1.82, 2.24) is 19.6 Å². The second kappa shape index (κ2) is 7.69. The smallest absolute Gasteiger partial charge is 0.222 e. The van der Waals surface area contributed by atoms with Gasteiger partial charge in [-0.1, -0.05) is 0 Å². The molecule has 0 aromatic carbocycles. The van der Waals surface area contributed by atoms with E-state index >= 15 is 0 Å². The topological polar surface area (TPSA) is 50.6 Å². The predicted octanol–water partition coefficient (Wildman–Crippen LogP) is 2.29. The quantitative estimate of drug-likeness (QED) is 0.808. The molecule has 1 atom stereocenters. The third-order valence-electron chi connectivity index (χ3n) is 6.52. The summed E-state index contributed by atoms with van der Waals surface area (Å²) in [5.74, 6) is 0.332. The Bertz CT molecular complexity index is 615. The number of hydrogen-bond acceptors (Lipinski definition) is 4. The first-order valence-electron chi connectivity index (χ1n) is 10.3. The van der Waals surface area contributed by atoms with Crippen LogP contribution in [-0.4, -0.2) is 64.4 Å². The first-order valence-corrected chi connectivity index (χ1v) is 10.3. The summed E-state index contributed by atoms with van der Waals surface area (Å²) in [4.78, 5) is 17.0. The maximum Gasteiger partial charge on any atom is 0.222 e. The van der Waals surface area contributed by atoms with E-state index < -0.39 is 0 Å². The standard InChI is InChI=1S/C20H32N4O2/c1-2-24-10-6-17(21-24)14-22-11-8-20(9-12-22)7-5-19(25)23(16-20)15-18-4-3-13-26-18/h6,10,18H,2-5,7-9,11-16H2,1H3. The van der Waals surface area contributed by atoms with Crippen molar-refractivity contribution < 1.29 is 9.53 Å². The fraction of sp³-hybridized carbons (Fsp3) is 0.800. The minimum absolute atomic E-state index is 0.267. The number of aromatic nitrogens is 2. The highest BCUT2D eigenvalue weighted by Crippen LogP contribution is 2.40. The van der Waals surface area contributed by atoms with Crippen LogP contribution >= 0.6 is 0 Å². The molecule has 0 bridgehead atoms. The zero-order valence-electron chi connectivity index (χ0n) is 16.0. The molecule has 3 saturated heterocycles. The molecule has 26 heavy (non-hydrogen) atoms. The van der Waals surface area contributed by atoms with Crippen molar-refractivity contribution in [3.05, 3.63) is 18.0 Å². The lowest BCUT2D eigenvalue weighted by molar-refractivity contribution is -0.141. The second-order valence-corrected chi connectivity index (χ2v) is 8.35. The van der Waals surface area contributed by atoms with Gasteiger partial charge in [-0.15, -0.1) is 0 Å². The Balaban J connectivity index is 1.31.